The summed E-state index contributed by atoms with van der Waals surface area (Å²) in [6.07, 6.45) is 1.75. The second-order valence-corrected chi connectivity index (χ2v) is 7.71. The summed E-state index contributed by atoms with van der Waals surface area (Å²) in [5.74, 6) is 0. The van der Waals surface area contributed by atoms with Gasteiger partial charge in [0, 0.05) is 16.5 Å². The molecule has 3 aromatic rings. The Kier molecular flexibility index (Phi) is 6.33. The van der Waals surface area contributed by atoms with E-state index in [0.717, 1.165) is 24.0 Å². The summed E-state index contributed by atoms with van der Waals surface area (Å²) in [6, 6.07) is 25.1. The van der Waals surface area contributed by atoms with Crippen molar-refractivity contribution >= 4 is 33.7 Å². The van der Waals surface area contributed by atoms with Crippen LogP contribution >= 0.6 is 23.2 Å². The third-order valence-electron chi connectivity index (χ3n) is 5.25. The monoisotopic (exact) mass is 410 g/mol. The molecule has 0 heterocycles. The van der Waals surface area contributed by atoms with Gasteiger partial charge in [0.05, 0.1) is 0 Å². The van der Waals surface area contributed by atoms with Crippen molar-refractivity contribution < 1.29 is 9.59 Å². The van der Waals surface area contributed by atoms with Crippen LogP contribution in [0.2, 0.25) is 0 Å². The number of carbonyl (C=O) groups is 2. The molecule has 142 valence electrons. The van der Waals surface area contributed by atoms with Gasteiger partial charge in [0.15, 0.2) is 0 Å². The highest BCUT2D eigenvalue weighted by Gasteiger charge is 2.29. The molecule has 0 atom stereocenters. The maximum Gasteiger partial charge on any atom is 0.252 e. The highest BCUT2D eigenvalue weighted by molar-refractivity contribution is 6.68. The van der Waals surface area contributed by atoms with Gasteiger partial charge in [-0.2, -0.15) is 0 Å². The maximum atomic E-state index is 11.4. The van der Waals surface area contributed by atoms with Crippen LogP contribution in [0, 0.1) is 0 Å². The predicted octanol–water partition coefficient (Wildman–Crippen LogP) is 6.38. The van der Waals surface area contributed by atoms with Gasteiger partial charge in [0.1, 0.15) is 0 Å². The van der Waals surface area contributed by atoms with Gasteiger partial charge in [-0.25, -0.2) is 0 Å². The van der Waals surface area contributed by atoms with Crippen LogP contribution in [0.3, 0.4) is 0 Å². The zero-order chi connectivity index (χ0) is 20.1. The highest BCUT2D eigenvalue weighted by Crippen LogP contribution is 2.37. The molecule has 0 saturated heterocycles. The molecule has 0 radical (unpaired) electrons. The van der Waals surface area contributed by atoms with E-state index in [-0.39, 0.29) is 5.41 Å². The first-order valence-corrected chi connectivity index (χ1v) is 9.80. The van der Waals surface area contributed by atoms with Crippen molar-refractivity contribution in [1.82, 2.24) is 0 Å². The van der Waals surface area contributed by atoms with Gasteiger partial charge in [0.25, 0.3) is 10.5 Å². The van der Waals surface area contributed by atoms with E-state index in [2.05, 4.69) is 19.1 Å². The smallest absolute Gasteiger partial charge is 0.252 e. The fraction of sp³-hybridized carbons (Fsp3) is 0.167. The van der Waals surface area contributed by atoms with Crippen molar-refractivity contribution in [2.45, 2.75) is 25.2 Å². The molecule has 0 saturated carbocycles. The standard InChI is InChI=1S/C24H20Cl2O2/c1-24(16-15-17-5-3-2-4-6-17,20-11-7-18(8-12-20)22(25)27)21-13-9-19(10-14-21)23(26)28/h2-14H,15-16H2,1H3. The Labute approximate surface area is 175 Å². The number of aryl methyl sites for hydroxylation is 1. The Morgan fingerprint density at radius 1 is 0.714 bits per heavy atom. The van der Waals surface area contributed by atoms with Gasteiger partial charge >= 0.3 is 0 Å². The third-order valence-corrected chi connectivity index (χ3v) is 5.69. The van der Waals surface area contributed by atoms with Crippen molar-refractivity contribution in [2.75, 3.05) is 0 Å². The summed E-state index contributed by atoms with van der Waals surface area (Å²) in [5, 5.41) is -0.940. The fourth-order valence-electron chi connectivity index (χ4n) is 3.43. The molecule has 0 fully saturated rings. The van der Waals surface area contributed by atoms with Crippen LogP contribution in [0.4, 0.5) is 0 Å². The molecule has 0 aliphatic carbocycles. The first-order chi connectivity index (χ1) is 13.4. The SMILES string of the molecule is CC(CCc1ccccc1)(c1ccc(C(=O)Cl)cc1)c1ccc(C(=O)Cl)cc1. The van der Waals surface area contributed by atoms with E-state index in [4.69, 9.17) is 23.2 Å². The quantitative estimate of drug-likeness (QED) is 0.423. The van der Waals surface area contributed by atoms with Crippen molar-refractivity contribution in [1.29, 1.82) is 0 Å². The molecule has 0 aliphatic heterocycles. The Morgan fingerprint density at radius 2 is 1.14 bits per heavy atom. The van der Waals surface area contributed by atoms with Gasteiger partial charge in [-0.15, -0.1) is 0 Å². The fourth-order valence-corrected chi connectivity index (χ4v) is 3.68. The summed E-state index contributed by atoms with van der Waals surface area (Å²) < 4.78 is 0. The van der Waals surface area contributed by atoms with E-state index in [1.807, 2.05) is 42.5 Å². The lowest BCUT2D eigenvalue weighted by atomic mass is 9.72. The van der Waals surface area contributed by atoms with E-state index in [1.165, 1.54) is 5.56 Å². The average Bonchev–Trinajstić information content (AvgIpc) is 2.73. The molecular weight excluding hydrogens is 391 g/mol. The molecule has 0 unspecified atom stereocenters. The molecule has 0 aliphatic rings. The molecule has 4 heteroatoms. The molecule has 0 N–H and O–H groups in total. The molecule has 0 aromatic heterocycles. The van der Waals surface area contributed by atoms with E-state index < -0.39 is 10.5 Å². The van der Waals surface area contributed by atoms with Gasteiger partial charge in [-0.1, -0.05) is 61.5 Å². The Hall–Kier alpha value is -2.42. The van der Waals surface area contributed by atoms with Crippen molar-refractivity contribution in [3.8, 4) is 0 Å². The number of rotatable bonds is 7. The summed E-state index contributed by atoms with van der Waals surface area (Å²) in [4.78, 5) is 22.8. The molecule has 28 heavy (non-hydrogen) atoms. The first kappa shape index (κ1) is 20.3. The van der Waals surface area contributed by atoms with Crippen molar-refractivity contribution in [3.05, 3.63) is 107 Å². The normalized spacial score (nSPS) is 11.2. The second kappa shape index (κ2) is 8.72. The van der Waals surface area contributed by atoms with Crippen molar-refractivity contribution in [2.24, 2.45) is 0 Å². The predicted molar refractivity (Wildman–Crippen MR) is 114 cm³/mol. The van der Waals surface area contributed by atoms with E-state index in [0.29, 0.717) is 11.1 Å². The third kappa shape index (κ3) is 4.52. The zero-order valence-electron chi connectivity index (χ0n) is 15.5. The number of benzene rings is 3. The van der Waals surface area contributed by atoms with Crippen LogP contribution in [-0.2, 0) is 11.8 Å². The van der Waals surface area contributed by atoms with Crippen LogP contribution in [0.5, 0.6) is 0 Å². The Morgan fingerprint density at radius 3 is 1.54 bits per heavy atom. The molecule has 0 amide bonds. The highest BCUT2D eigenvalue weighted by atomic mass is 35.5. The van der Waals surface area contributed by atoms with Crippen LogP contribution in [-0.4, -0.2) is 10.5 Å². The lowest BCUT2D eigenvalue weighted by molar-refractivity contribution is 0.107. The van der Waals surface area contributed by atoms with Crippen LogP contribution < -0.4 is 0 Å². The van der Waals surface area contributed by atoms with Crippen molar-refractivity contribution in [3.63, 3.8) is 0 Å². The maximum absolute atomic E-state index is 11.4. The lowest BCUT2D eigenvalue weighted by Gasteiger charge is -2.31. The van der Waals surface area contributed by atoms with Gasteiger partial charge in [0.2, 0.25) is 0 Å². The van der Waals surface area contributed by atoms with Gasteiger partial charge in [-0.3, -0.25) is 9.59 Å². The minimum atomic E-state index is -0.470. The number of carbonyl (C=O) groups excluding carboxylic acids is 2. The second-order valence-electron chi connectivity index (χ2n) is 7.02. The minimum absolute atomic E-state index is 0.308. The largest absolute Gasteiger partial charge is 0.276 e. The Bertz CT molecular complexity index is 904. The average molecular weight is 411 g/mol. The topological polar surface area (TPSA) is 34.1 Å². The van der Waals surface area contributed by atoms with Crippen LogP contribution in [0.25, 0.3) is 0 Å². The van der Waals surface area contributed by atoms with Gasteiger partial charge < -0.3 is 0 Å². The van der Waals surface area contributed by atoms with E-state index in [1.54, 1.807) is 24.3 Å². The summed E-state index contributed by atoms with van der Waals surface area (Å²) >= 11 is 11.2. The Balaban J connectivity index is 1.99. The lowest BCUT2D eigenvalue weighted by Crippen LogP contribution is -2.25. The number of hydrogen-bond donors (Lipinski definition) is 0. The van der Waals surface area contributed by atoms with Gasteiger partial charge in [-0.05, 0) is 77.0 Å². The number of hydrogen-bond acceptors (Lipinski definition) is 2. The molecular formula is C24H20Cl2O2. The van der Waals surface area contributed by atoms with Crippen LogP contribution in [0.15, 0.2) is 78.9 Å². The molecule has 0 bridgehead atoms. The zero-order valence-corrected chi connectivity index (χ0v) is 17.0. The number of halogens is 2. The van der Waals surface area contributed by atoms with E-state index >= 15 is 0 Å². The minimum Gasteiger partial charge on any atom is -0.276 e. The molecule has 3 aromatic carbocycles. The molecule has 3 rings (SSSR count). The molecule has 0 spiro atoms. The summed E-state index contributed by atoms with van der Waals surface area (Å²) in [7, 11) is 0. The van der Waals surface area contributed by atoms with Crippen LogP contribution in [0.1, 0.15) is 50.8 Å². The summed E-state index contributed by atoms with van der Waals surface area (Å²) in [6.45, 7) is 2.17. The van der Waals surface area contributed by atoms with E-state index in [9.17, 15) is 9.59 Å². The summed E-state index contributed by atoms with van der Waals surface area (Å²) in [5.41, 5.74) is 4.05. The first-order valence-electron chi connectivity index (χ1n) is 9.05. The molecule has 2 nitrogen and oxygen atoms in total.